The van der Waals surface area contributed by atoms with Crippen LogP contribution in [-0.2, 0) is 21.1 Å². The van der Waals surface area contributed by atoms with Crippen molar-refractivity contribution >= 4 is 33.2 Å². The van der Waals surface area contributed by atoms with Gasteiger partial charge in [-0.2, -0.15) is 15.0 Å². The van der Waals surface area contributed by atoms with E-state index in [0.717, 1.165) is 11.9 Å². The van der Waals surface area contributed by atoms with Crippen molar-refractivity contribution in [3.05, 3.63) is 65.0 Å². The number of benzene rings is 1. The lowest BCUT2D eigenvalue weighted by Gasteiger charge is -2.53. The summed E-state index contributed by atoms with van der Waals surface area (Å²) in [4.78, 5) is 32.3. The first-order chi connectivity index (χ1) is 18.0. The average Bonchev–Trinajstić information content (AvgIpc) is 3.19. The zero-order valence-electron chi connectivity index (χ0n) is 21.2. The molecule has 2 aliphatic rings. The van der Waals surface area contributed by atoms with E-state index in [4.69, 9.17) is 5.26 Å². The molecular formula is C26H27N7O4S. The maximum absolute atomic E-state index is 13.4. The predicted octanol–water partition coefficient (Wildman–Crippen LogP) is 1.79. The van der Waals surface area contributed by atoms with E-state index >= 15 is 0 Å². The van der Waals surface area contributed by atoms with Gasteiger partial charge in [0, 0.05) is 37.7 Å². The number of nitrogens with zero attached hydrogens (tertiary/aromatic N) is 5. The lowest BCUT2D eigenvalue weighted by atomic mass is 9.80. The molecular weight excluding hydrogens is 506 g/mol. The molecule has 0 aliphatic carbocycles. The summed E-state index contributed by atoms with van der Waals surface area (Å²) in [5.74, 6) is -1.19. The van der Waals surface area contributed by atoms with Crippen molar-refractivity contribution in [1.29, 1.82) is 5.26 Å². The Morgan fingerprint density at radius 2 is 1.92 bits per heavy atom. The van der Waals surface area contributed by atoms with Crippen molar-refractivity contribution < 1.29 is 18.0 Å². The zero-order valence-corrected chi connectivity index (χ0v) is 22.0. The largest absolute Gasteiger partial charge is 0.367 e. The van der Waals surface area contributed by atoms with Crippen LogP contribution in [0.4, 0.5) is 11.5 Å². The van der Waals surface area contributed by atoms with Gasteiger partial charge in [-0.25, -0.2) is 13.4 Å². The minimum absolute atomic E-state index is 0.0404. The smallest absolute Gasteiger partial charge is 0.257 e. The number of hydrogen-bond donors (Lipinski definition) is 2. The summed E-state index contributed by atoms with van der Waals surface area (Å²) in [6.07, 6.45) is 2.73. The van der Waals surface area contributed by atoms with Gasteiger partial charge in [0.15, 0.2) is 21.5 Å². The Labute approximate surface area is 220 Å². The molecule has 1 spiro atoms. The SMILES string of the molecule is CC(C)c1ccc(N2CC3(Cc4nn(-c5ccc(C#N)cn5)c(NC(=O)CS(C)(=O)=O)c4C(=O)N3)C2)cc1. The number of pyridine rings is 1. The number of sulfone groups is 1. The normalized spacial score (nSPS) is 16.0. The third kappa shape index (κ3) is 4.84. The Bertz CT molecular complexity index is 1560. The molecule has 1 fully saturated rings. The maximum Gasteiger partial charge on any atom is 0.257 e. The molecule has 1 saturated heterocycles. The summed E-state index contributed by atoms with van der Waals surface area (Å²) >= 11 is 0. The van der Waals surface area contributed by atoms with Crippen LogP contribution in [0.25, 0.3) is 5.82 Å². The molecule has 5 rings (SSSR count). The van der Waals surface area contributed by atoms with Crippen LogP contribution in [0.3, 0.4) is 0 Å². The summed E-state index contributed by atoms with van der Waals surface area (Å²) in [7, 11) is -3.60. The number of aromatic nitrogens is 3. The topological polar surface area (TPSA) is 150 Å². The van der Waals surface area contributed by atoms with Crippen molar-refractivity contribution in [2.75, 3.05) is 35.3 Å². The molecule has 2 aliphatic heterocycles. The minimum Gasteiger partial charge on any atom is -0.367 e. The third-order valence-corrected chi connectivity index (χ3v) is 7.51. The maximum atomic E-state index is 13.4. The van der Waals surface area contributed by atoms with Crippen LogP contribution in [-0.4, -0.2) is 65.6 Å². The van der Waals surface area contributed by atoms with Gasteiger partial charge in [0.1, 0.15) is 17.4 Å². The second kappa shape index (κ2) is 9.25. The Morgan fingerprint density at radius 1 is 1.21 bits per heavy atom. The fourth-order valence-corrected chi connectivity index (χ4v) is 5.43. The Hall–Kier alpha value is -4.24. The van der Waals surface area contributed by atoms with Crippen molar-refractivity contribution in [3.8, 4) is 11.9 Å². The molecule has 0 saturated carbocycles. The van der Waals surface area contributed by atoms with Crippen LogP contribution in [0.2, 0.25) is 0 Å². The highest BCUT2D eigenvalue weighted by Gasteiger charge is 2.49. The number of nitrogens with one attached hydrogen (secondary N) is 2. The van der Waals surface area contributed by atoms with E-state index in [1.807, 2.05) is 6.07 Å². The van der Waals surface area contributed by atoms with Gasteiger partial charge in [-0.15, -0.1) is 0 Å². The standard InChI is InChI=1S/C26H27N7O4S/c1-16(2)18-5-7-19(8-6-18)32-14-26(15-32)10-20-23(25(35)30-26)24(29-22(34)13-38(3,36)37)33(31-20)21-9-4-17(11-27)12-28-21/h4-9,12,16H,10,13-15H2,1-3H3,(H,29,34)(H,30,35). The number of hydrogen-bond acceptors (Lipinski definition) is 8. The number of amides is 2. The quantitative estimate of drug-likeness (QED) is 0.487. The van der Waals surface area contributed by atoms with Gasteiger partial charge in [0.05, 0.1) is 16.8 Å². The fraction of sp³-hybridized carbons (Fsp3) is 0.346. The number of fused-ring (bicyclic) bond motifs is 1. The predicted molar refractivity (Wildman–Crippen MR) is 141 cm³/mol. The summed E-state index contributed by atoms with van der Waals surface area (Å²) < 4.78 is 24.7. The van der Waals surface area contributed by atoms with Crippen LogP contribution < -0.4 is 15.5 Å². The molecule has 1 aromatic carbocycles. The van der Waals surface area contributed by atoms with E-state index in [-0.39, 0.29) is 17.2 Å². The molecule has 196 valence electrons. The van der Waals surface area contributed by atoms with Crippen molar-refractivity contribution in [1.82, 2.24) is 20.1 Å². The molecule has 2 amide bonds. The summed E-state index contributed by atoms with van der Waals surface area (Å²) in [6.45, 7) is 5.48. The number of nitriles is 1. The molecule has 38 heavy (non-hydrogen) atoms. The van der Waals surface area contributed by atoms with Gasteiger partial charge in [-0.1, -0.05) is 26.0 Å². The average molecular weight is 534 g/mol. The Balaban J connectivity index is 1.45. The molecule has 0 atom stereocenters. The Morgan fingerprint density at radius 3 is 2.50 bits per heavy atom. The molecule has 2 N–H and O–H groups in total. The lowest BCUT2D eigenvalue weighted by molar-refractivity contribution is -0.113. The number of anilines is 2. The van der Waals surface area contributed by atoms with Crippen LogP contribution in [0.5, 0.6) is 0 Å². The molecule has 0 unspecified atom stereocenters. The van der Waals surface area contributed by atoms with E-state index in [2.05, 4.69) is 63.7 Å². The first-order valence-corrected chi connectivity index (χ1v) is 14.2. The van der Waals surface area contributed by atoms with Crippen molar-refractivity contribution in [2.24, 2.45) is 0 Å². The molecule has 4 heterocycles. The molecule has 2 aromatic heterocycles. The second-order valence-corrected chi connectivity index (χ2v) is 12.4. The number of carbonyl (C=O) groups excluding carboxylic acids is 2. The van der Waals surface area contributed by atoms with Crippen molar-refractivity contribution in [2.45, 2.75) is 31.7 Å². The van der Waals surface area contributed by atoms with E-state index in [1.54, 1.807) is 12.1 Å². The van der Waals surface area contributed by atoms with Crippen LogP contribution in [0, 0.1) is 11.3 Å². The second-order valence-electron chi connectivity index (χ2n) is 10.2. The highest BCUT2D eigenvalue weighted by atomic mass is 32.2. The summed E-state index contributed by atoms with van der Waals surface area (Å²) in [5.41, 5.74) is 2.79. The van der Waals surface area contributed by atoms with Gasteiger partial charge < -0.3 is 15.5 Å². The third-order valence-electron chi connectivity index (χ3n) is 6.73. The molecule has 12 heteroatoms. The molecule has 0 radical (unpaired) electrons. The van der Waals surface area contributed by atoms with E-state index < -0.39 is 32.9 Å². The summed E-state index contributed by atoms with van der Waals surface area (Å²) in [6, 6.07) is 13.5. The zero-order chi connectivity index (χ0) is 27.2. The number of carbonyl (C=O) groups is 2. The monoisotopic (exact) mass is 533 g/mol. The van der Waals surface area contributed by atoms with Gasteiger partial charge >= 0.3 is 0 Å². The van der Waals surface area contributed by atoms with Gasteiger partial charge in [0.25, 0.3) is 5.91 Å². The van der Waals surface area contributed by atoms with E-state index in [1.165, 1.54) is 16.4 Å². The van der Waals surface area contributed by atoms with Gasteiger partial charge in [-0.05, 0) is 35.7 Å². The molecule has 3 aromatic rings. The highest BCUT2D eigenvalue weighted by Crippen LogP contribution is 2.37. The van der Waals surface area contributed by atoms with Crippen LogP contribution >= 0.6 is 0 Å². The lowest BCUT2D eigenvalue weighted by Crippen LogP contribution is -2.73. The fourth-order valence-electron chi connectivity index (χ4n) is 4.89. The molecule has 0 bridgehead atoms. The first-order valence-electron chi connectivity index (χ1n) is 12.1. The van der Waals surface area contributed by atoms with Crippen molar-refractivity contribution in [3.63, 3.8) is 0 Å². The van der Waals surface area contributed by atoms with Crippen LogP contribution in [0.15, 0.2) is 42.6 Å². The Kier molecular flexibility index (Phi) is 6.19. The first kappa shape index (κ1) is 25.4. The number of rotatable bonds is 6. The molecule has 11 nitrogen and oxygen atoms in total. The minimum atomic E-state index is -3.60. The van der Waals surface area contributed by atoms with Gasteiger partial charge in [0.2, 0.25) is 5.91 Å². The summed E-state index contributed by atoms with van der Waals surface area (Å²) in [5, 5.41) is 19.4. The van der Waals surface area contributed by atoms with Crippen LogP contribution in [0.1, 0.15) is 46.9 Å². The highest BCUT2D eigenvalue weighted by molar-refractivity contribution is 7.91. The van der Waals surface area contributed by atoms with Gasteiger partial charge in [-0.3, -0.25) is 9.59 Å². The van der Waals surface area contributed by atoms with E-state index in [9.17, 15) is 18.0 Å². The van der Waals surface area contributed by atoms with E-state index in [0.29, 0.717) is 36.7 Å².